The molecule has 1 amide bonds. The number of thiazole rings is 1. The molecule has 0 spiro atoms. The smallest absolute Gasteiger partial charge is 0.271 e. The van der Waals surface area contributed by atoms with E-state index in [4.69, 9.17) is 0 Å². The number of hydrogen-bond acceptors (Lipinski definition) is 5. The van der Waals surface area contributed by atoms with Crippen LogP contribution >= 0.6 is 11.3 Å². The Balaban J connectivity index is 1.36. The van der Waals surface area contributed by atoms with Crippen LogP contribution in [0.3, 0.4) is 0 Å². The van der Waals surface area contributed by atoms with Crippen molar-refractivity contribution < 1.29 is 4.79 Å². The van der Waals surface area contributed by atoms with Gasteiger partial charge in [0.15, 0.2) is 0 Å². The molecule has 6 nitrogen and oxygen atoms in total. The Bertz CT molecular complexity index is 847. The average Bonchev–Trinajstić information content (AvgIpc) is 3.27. The molecule has 4 rings (SSSR count). The molecule has 0 atom stereocenters. The molecular weight excluding hydrogens is 334 g/mol. The van der Waals surface area contributed by atoms with Gasteiger partial charge in [0.2, 0.25) is 0 Å². The van der Waals surface area contributed by atoms with Crippen LogP contribution in [0.15, 0.2) is 41.8 Å². The highest BCUT2D eigenvalue weighted by Crippen LogP contribution is 2.15. The summed E-state index contributed by atoms with van der Waals surface area (Å²) in [6.45, 7) is 3.06. The van der Waals surface area contributed by atoms with Gasteiger partial charge in [0.05, 0.1) is 29.5 Å². The van der Waals surface area contributed by atoms with Gasteiger partial charge >= 0.3 is 0 Å². The van der Waals surface area contributed by atoms with Gasteiger partial charge in [0.1, 0.15) is 5.69 Å². The van der Waals surface area contributed by atoms with Crippen molar-refractivity contribution in [1.82, 2.24) is 25.4 Å². The molecule has 1 aromatic carbocycles. The highest BCUT2D eigenvalue weighted by Gasteiger charge is 2.14. The van der Waals surface area contributed by atoms with Crippen molar-refractivity contribution in [3.05, 3.63) is 69.4 Å². The Morgan fingerprint density at radius 1 is 1.32 bits per heavy atom. The van der Waals surface area contributed by atoms with Crippen LogP contribution in [-0.4, -0.2) is 27.2 Å². The third-order valence-corrected chi connectivity index (χ3v) is 4.98. The number of nitrogens with one attached hydrogen (secondary N) is 2. The van der Waals surface area contributed by atoms with Gasteiger partial charge in [0, 0.05) is 24.9 Å². The average molecular weight is 353 g/mol. The van der Waals surface area contributed by atoms with Crippen molar-refractivity contribution in [3.8, 4) is 0 Å². The summed E-state index contributed by atoms with van der Waals surface area (Å²) < 4.78 is 2.00. The second kappa shape index (κ2) is 7.16. The van der Waals surface area contributed by atoms with Crippen LogP contribution in [0.1, 0.15) is 32.4 Å². The van der Waals surface area contributed by atoms with E-state index in [1.807, 2.05) is 34.3 Å². The van der Waals surface area contributed by atoms with E-state index >= 15 is 0 Å². The lowest BCUT2D eigenvalue weighted by Crippen LogP contribution is -2.28. The van der Waals surface area contributed by atoms with Crippen molar-refractivity contribution in [1.29, 1.82) is 0 Å². The van der Waals surface area contributed by atoms with Crippen molar-refractivity contribution >= 4 is 17.2 Å². The van der Waals surface area contributed by atoms with Crippen LogP contribution in [0.25, 0.3) is 0 Å². The third kappa shape index (κ3) is 3.78. The van der Waals surface area contributed by atoms with Crippen molar-refractivity contribution in [3.63, 3.8) is 0 Å². The van der Waals surface area contributed by atoms with E-state index in [1.54, 1.807) is 0 Å². The van der Waals surface area contributed by atoms with E-state index in [1.165, 1.54) is 16.9 Å². The molecule has 25 heavy (non-hydrogen) atoms. The van der Waals surface area contributed by atoms with Gasteiger partial charge in [-0.1, -0.05) is 30.3 Å². The lowest BCUT2D eigenvalue weighted by molar-refractivity contribution is 0.0946. The van der Waals surface area contributed by atoms with Crippen LogP contribution in [0.4, 0.5) is 0 Å². The van der Waals surface area contributed by atoms with E-state index in [-0.39, 0.29) is 5.91 Å². The second-order valence-corrected chi connectivity index (χ2v) is 6.94. The number of aromatic nitrogens is 3. The standard InChI is InChI=1S/C18H19N5OS/c24-18(20-10-14-9-15-11-19-6-7-23(15)22-14)16-12-25-17(21-16)8-13-4-2-1-3-5-13/h1-5,9,12,19H,6-8,10-11H2,(H,20,24). The molecule has 1 aliphatic rings. The molecule has 3 aromatic rings. The summed E-state index contributed by atoms with van der Waals surface area (Å²) in [5, 5.41) is 13.5. The second-order valence-electron chi connectivity index (χ2n) is 6.00. The zero-order valence-electron chi connectivity index (χ0n) is 13.7. The number of amides is 1. The van der Waals surface area contributed by atoms with E-state index in [0.717, 1.165) is 42.5 Å². The summed E-state index contributed by atoms with van der Waals surface area (Å²) in [4.78, 5) is 16.8. The first-order valence-corrected chi connectivity index (χ1v) is 9.19. The normalized spacial score (nSPS) is 13.4. The molecule has 0 radical (unpaired) electrons. The van der Waals surface area contributed by atoms with Crippen LogP contribution in [0, 0.1) is 0 Å². The van der Waals surface area contributed by atoms with Crippen molar-refractivity contribution in [2.24, 2.45) is 0 Å². The van der Waals surface area contributed by atoms with Gasteiger partial charge < -0.3 is 10.6 Å². The monoisotopic (exact) mass is 353 g/mol. The number of hydrogen-bond donors (Lipinski definition) is 2. The van der Waals surface area contributed by atoms with Gasteiger partial charge in [0.25, 0.3) is 5.91 Å². The fourth-order valence-corrected chi connectivity index (χ4v) is 3.68. The molecule has 2 N–H and O–H groups in total. The molecule has 128 valence electrons. The van der Waals surface area contributed by atoms with Crippen LogP contribution in [0.5, 0.6) is 0 Å². The predicted molar refractivity (Wildman–Crippen MR) is 96.5 cm³/mol. The van der Waals surface area contributed by atoms with Gasteiger partial charge in [-0.25, -0.2) is 4.98 Å². The zero-order valence-corrected chi connectivity index (χ0v) is 14.6. The van der Waals surface area contributed by atoms with E-state index < -0.39 is 0 Å². The molecule has 7 heteroatoms. The summed E-state index contributed by atoms with van der Waals surface area (Å²) >= 11 is 1.52. The lowest BCUT2D eigenvalue weighted by atomic mass is 10.2. The molecule has 0 saturated heterocycles. The van der Waals surface area contributed by atoms with Gasteiger partial charge in [-0.2, -0.15) is 5.10 Å². The van der Waals surface area contributed by atoms with Crippen molar-refractivity contribution in [2.75, 3.05) is 6.54 Å². The number of carbonyl (C=O) groups is 1. The van der Waals surface area contributed by atoms with Crippen LogP contribution in [0.2, 0.25) is 0 Å². The number of carbonyl (C=O) groups excluding carboxylic acids is 1. The van der Waals surface area contributed by atoms with Crippen molar-refractivity contribution in [2.45, 2.75) is 26.1 Å². The van der Waals surface area contributed by atoms with E-state index in [0.29, 0.717) is 12.2 Å². The van der Waals surface area contributed by atoms with E-state index in [9.17, 15) is 4.79 Å². The number of benzene rings is 1. The summed E-state index contributed by atoms with van der Waals surface area (Å²) in [7, 11) is 0. The molecule has 0 unspecified atom stereocenters. The van der Waals surface area contributed by atoms with E-state index in [2.05, 4.69) is 32.8 Å². The van der Waals surface area contributed by atoms with Crippen LogP contribution < -0.4 is 10.6 Å². The minimum absolute atomic E-state index is 0.153. The molecule has 1 aliphatic heterocycles. The molecule has 3 heterocycles. The first-order valence-electron chi connectivity index (χ1n) is 8.31. The lowest BCUT2D eigenvalue weighted by Gasteiger charge is -2.13. The molecular formula is C18H19N5OS. The third-order valence-electron chi connectivity index (χ3n) is 4.13. The Morgan fingerprint density at radius 2 is 2.20 bits per heavy atom. The quantitative estimate of drug-likeness (QED) is 0.736. The molecule has 2 aromatic heterocycles. The SMILES string of the molecule is O=C(NCc1cc2n(n1)CCNC2)c1csc(Cc2ccccc2)n1. The first kappa shape index (κ1) is 16.0. The number of rotatable bonds is 5. The maximum Gasteiger partial charge on any atom is 0.271 e. The van der Waals surface area contributed by atoms with Gasteiger partial charge in [-0.3, -0.25) is 9.48 Å². The number of nitrogens with zero attached hydrogens (tertiary/aromatic N) is 3. The molecule has 0 fully saturated rings. The first-order chi connectivity index (χ1) is 12.3. The molecule has 0 saturated carbocycles. The topological polar surface area (TPSA) is 71.8 Å². The fraction of sp³-hybridized carbons (Fsp3) is 0.278. The largest absolute Gasteiger partial charge is 0.345 e. The Hall–Kier alpha value is -2.51. The Morgan fingerprint density at radius 3 is 3.04 bits per heavy atom. The summed E-state index contributed by atoms with van der Waals surface area (Å²) in [6, 6.07) is 12.2. The maximum atomic E-state index is 12.3. The Labute approximate surface area is 149 Å². The summed E-state index contributed by atoms with van der Waals surface area (Å²) in [5.74, 6) is -0.153. The fourth-order valence-electron chi connectivity index (χ4n) is 2.87. The van der Waals surface area contributed by atoms with Gasteiger partial charge in [-0.15, -0.1) is 11.3 Å². The summed E-state index contributed by atoms with van der Waals surface area (Å²) in [6.07, 6.45) is 0.750. The summed E-state index contributed by atoms with van der Waals surface area (Å²) in [5.41, 5.74) is 3.71. The van der Waals surface area contributed by atoms with Crippen LogP contribution in [-0.2, 0) is 26.1 Å². The highest BCUT2D eigenvalue weighted by molar-refractivity contribution is 7.09. The maximum absolute atomic E-state index is 12.3. The molecule has 0 aliphatic carbocycles. The minimum atomic E-state index is -0.153. The Kier molecular flexibility index (Phi) is 4.58. The zero-order chi connectivity index (χ0) is 17.1. The predicted octanol–water partition coefficient (Wildman–Crippen LogP) is 1.96. The van der Waals surface area contributed by atoms with Gasteiger partial charge in [-0.05, 0) is 11.6 Å². The highest BCUT2D eigenvalue weighted by atomic mass is 32.1. The molecule has 0 bridgehead atoms. The number of fused-ring (bicyclic) bond motifs is 1. The minimum Gasteiger partial charge on any atom is -0.345 e.